The van der Waals surface area contributed by atoms with Crippen molar-refractivity contribution in [3.63, 3.8) is 0 Å². The van der Waals surface area contributed by atoms with Crippen LogP contribution in [-0.4, -0.2) is 31.3 Å². The first-order valence-electron chi connectivity index (χ1n) is 7.94. The predicted molar refractivity (Wildman–Crippen MR) is 94.1 cm³/mol. The Balaban J connectivity index is 1.73. The number of rotatable bonds is 7. The van der Waals surface area contributed by atoms with Crippen LogP contribution in [0.1, 0.15) is 18.1 Å². The van der Waals surface area contributed by atoms with Gasteiger partial charge >= 0.3 is 6.03 Å². The van der Waals surface area contributed by atoms with Gasteiger partial charge in [0.05, 0.1) is 13.7 Å². The van der Waals surface area contributed by atoms with E-state index < -0.39 is 5.60 Å². The number of carbonyl (C=O) groups excluding carboxylic acids is 1. The highest BCUT2D eigenvalue weighted by Crippen LogP contribution is 2.18. The van der Waals surface area contributed by atoms with Gasteiger partial charge in [0.2, 0.25) is 0 Å². The second-order valence-corrected chi connectivity index (χ2v) is 5.85. The van der Waals surface area contributed by atoms with Crippen molar-refractivity contribution in [3.8, 4) is 5.75 Å². The molecule has 24 heavy (non-hydrogen) atoms. The topological polar surface area (TPSA) is 70.6 Å². The number of methoxy groups -OCH3 is 1. The molecule has 128 valence electrons. The number of benzene rings is 2. The first-order chi connectivity index (χ1) is 11.5. The van der Waals surface area contributed by atoms with Gasteiger partial charge in [-0.05, 0) is 36.6 Å². The van der Waals surface area contributed by atoms with E-state index in [-0.39, 0.29) is 12.6 Å². The molecular formula is C19H24N2O3. The minimum Gasteiger partial charge on any atom is -0.497 e. The van der Waals surface area contributed by atoms with Crippen LogP contribution in [-0.2, 0) is 12.0 Å². The van der Waals surface area contributed by atoms with Crippen LogP contribution in [0.3, 0.4) is 0 Å². The molecule has 0 aliphatic carbocycles. The van der Waals surface area contributed by atoms with Crippen LogP contribution < -0.4 is 15.4 Å². The molecule has 0 saturated carbocycles. The molecule has 2 rings (SSSR count). The van der Waals surface area contributed by atoms with E-state index in [4.69, 9.17) is 4.74 Å². The highest BCUT2D eigenvalue weighted by molar-refractivity contribution is 5.73. The molecule has 5 heteroatoms. The lowest BCUT2D eigenvalue weighted by atomic mass is 9.96. The summed E-state index contributed by atoms with van der Waals surface area (Å²) in [5.74, 6) is 0.813. The molecule has 0 bridgehead atoms. The Hall–Kier alpha value is -2.53. The molecule has 1 atom stereocenters. The van der Waals surface area contributed by atoms with E-state index in [9.17, 15) is 9.90 Å². The van der Waals surface area contributed by atoms with Gasteiger partial charge < -0.3 is 20.5 Å². The fourth-order valence-electron chi connectivity index (χ4n) is 2.33. The molecule has 0 fully saturated rings. The molecule has 0 saturated heterocycles. The predicted octanol–water partition coefficient (Wildman–Crippen LogP) is 2.44. The van der Waals surface area contributed by atoms with Gasteiger partial charge in [-0.15, -0.1) is 0 Å². The first-order valence-corrected chi connectivity index (χ1v) is 7.94. The first kappa shape index (κ1) is 17.8. The average molecular weight is 328 g/mol. The summed E-state index contributed by atoms with van der Waals surface area (Å²) in [5, 5.41) is 15.9. The summed E-state index contributed by atoms with van der Waals surface area (Å²) in [6.07, 6.45) is 0.729. The number of hydrogen-bond donors (Lipinski definition) is 3. The standard InChI is InChI=1S/C19H24N2O3/c1-19(23,16-6-4-3-5-7-16)14-21-18(22)20-13-12-15-8-10-17(24-2)11-9-15/h3-11,23H,12-14H2,1-2H3,(H2,20,21,22)/t19-/m0/s1. The number of nitrogens with one attached hydrogen (secondary N) is 2. The smallest absolute Gasteiger partial charge is 0.314 e. The number of aliphatic hydroxyl groups is 1. The van der Waals surface area contributed by atoms with E-state index in [2.05, 4.69) is 10.6 Å². The SMILES string of the molecule is COc1ccc(CCNC(=O)NC[C@](C)(O)c2ccccc2)cc1. The zero-order chi connectivity index (χ0) is 17.4. The zero-order valence-corrected chi connectivity index (χ0v) is 14.1. The van der Waals surface area contributed by atoms with Gasteiger partial charge in [0.25, 0.3) is 0 Å². The fourth-order valence-corrected chi connectivity index (χ4v) is 2.33. The third-order valence-corrected chi connectivity index (χ3v) is 3.85. The van der Waals surface area contributed by atoms with Crippen molar-refractivity contribution in [1.82, 2.24) is 10.6 Å². The third-order valence-electron chi connectivity index (χ3n) is 3.85. The lowest BCUT2D eigenvalue weighted by Gasteiger charge is -2.24. The molecular weight excluding hydrogens is 304 g/mol. The molecule has 0 unspecified atom stereocenters. The number of carbonyl (C=O) groups is 1. The number of ether oxygens (including phenoxy) is 1. The Bertz CT molecular complexity index is 639. The third kappa shape index (κ3) is 5.28. The maximum absolute atomic E-state index is 11.9. The lowest BCUT2D eigenvalue weighted by Crippen LogP contribution is -2.43. The van der Waals surface area contributed by atoms with Gasteiger partial charge in [-0.2, -0.15) is 0 Å². The minimum absolute atomic E-state index is 0.144. The molecule has 2 amide bonds. The van der Waals surface area contributed by atoms with Crippen molar-refractivity contribution in [2.75, 3.05) is 20.2 Å². The largest absolute Gasteiger partial charge is 0.497 e. The normalized spacial score (nSPS) is 13.0. The fraction of sp³-hybridized carbons (Fsp3) is 0.316. The summed E-state index contributed by atoms with van der Waals surface area (Å²) < 4.78 is 5.11. The van der Waals surface area contributed by atoms with Crippen molar-refractivity contribution in [2.45, 2.75) is 18.9 Å². The van der Waals surface area contributed by atoms with E-state index in [0.29, 0.717) is 6.54 Å². The van der Waals surface area contributed by atoms with Crippen LogP contribution in [0.5, 0.6) is 5.75 Å². The van der Waals surface area contributed by atoms with Crippen molar-refractivity contribution < 1.29 is 14.6 Å². The Kier molecular flexibility index (Phi) is 6.21. The molecule has 5 nitrogen and oxygen atoms in total. The van der Waals surface area contributed by atoms with E-state index >= 15 is 0 Å². The summed E-state index contributed by atoms with van der Waals surface area (Å²) in [7, 11) is 1.63. The van der Waals surface area contributed by atoms with Crippen LogP contribution in [0, 0.1) is 0 Å². The molecule has 0 aliphatic heterocycles. The average Bonchev–Trinajstić information content (AvgIpc) is 2.61. The number of hydrogen-bond acceptors (Lipinski definition) is 3. The van der Waals surface area contributed by atoms with Crippen molar-refractivity contribution in [1.29, 1.82) is 0 Å². The monoisotopic (exact) mass is 328 g/mol. The molecule has 3 N–H and O–H groups in total. The van der Waals surface area contributed by atoms with E-state index in [1.165, 1.54) is 0 Å². The van der Waals surface area contributed by atoms with E-state index in [0.717, 1.165) is 23.3 Å². The van der Waals surface area contributed by atoms with Crippen molar-refractivity contribution in [3.05, 3.63) is 65.7 Å². The van der Waals surface area contributed by atoms with Crippen LogP contribution >= 0.6 is 0 Å². The summed E-state index contributed by atoms with van der Waals surface area (Å²) >= 11 is 0. The van der Waals surface area contributed by atoms with Gasteiger partial charge in [-0.25, -0.2) is 4.79 Å². The number of amides is 2. The molecule has 0 spiro atoms. The molecule has 0 aliphatic rings. The van der Waals surface area contributed by atoms with Gasteiger partial charge in [-0.3, -0.25) is 0 Å². The molecule has 2 aromatic carbocycles. The maximum Gasteiger partial charge on any atom is 0.314 e. The highest BCUT2D eigenvalue weighted by Gasteiger charge is 2.23. The highest BCUT2D eigenvalue weighted by atomic mass is 16.5. The molecule has 0 radical (unpaired) electrons. The Morgan fingerprint density at radius 2 is 1.75 bits per heavy atom. The van der Waals surface area contributed by atoms with Crippen LogP contribution in [0.25, 0.3) is 0 Å². The number of urea groups is 1. The van der Waals surface area contributed by atoms with E-state index in [1.54, 1.807) is 14.0 Å². The summed E-state index contributed by atoms with van der Waals surface area (Å²) in [4.78, 5) is 11.9. The van der Waals surface area contributed by atoms with Crippen molar-refractivity contribution >= 4 is 6.03 Å². The Morgan fingerprint density at radius 1 is 1.08 bits per heavy atom. The van der Waals surface area contributed by atoms with Crippen LogP contribution in [0.4, 0.5) is 4.79 Å². The summed E-state index contributed by atoms with van der Waals surface area (Å²) in [6, 6.07) is 16.7. The van der Waals surface area contributed by atoms with Gasteiger partial charge in [0.15, 0.2) is 0 Å². The van der Waals surface area contributed by atoms with Gasteiger partial charge in [-0.1, -0.05) is 42.5 Å². The lowest BCUT2D eigenvalue weighted by molar-refractivity contribution is 0.0594. The van der Waals surface area contributed by atoms with Crippen LogP contribution in [0.15, 0.2) is 54.6 Å². The quantitative estimate of drug-likeness (QED) is 0.731. The maximum atomic E-state index is 11.9. The van der Waals surface area contributed by atoms with Gasteiger partial charge in [0.1, 0.15) is 11.4 Å². The molecule has 0 heterocycles. The van der Waals surface area contributed by atoms with E-state index in [1.807, 2.05) is 54.6 Å². The zero-order valence-electron chi connectivity index (χ0n) is 14.1. The minimum atomic E-state index is -1.10. The van der Waals surface area contributed by atoms with Crippen molar-refractivity contribution in [2.24, 2.45) is 0 Å². The second-order valence-electron chi connectivity index (χ2n) is 5.85. The van der Waals surface area contributed by atoms with Gasteiger partial charge in [0, 0.05) is 6.54 Å². The summed E-state index contributed by atoms with van der Waals surface area (Å²) in [6.45, 7) is 2.34. The van der Waals surface area contributed by atoms with Crippen LogP contribution in [0.2, 0.25) is 0 Å². The second kappa shape index (κ2) is 8.36. The molecule has 2 aromatic rings. The Labute approximate surface area is 142 Å². The molecule has 0 aromatic heterocycles. The Morgan fingerprint density at radius 3 is 2.38 bits per heavy atom. The summed E-state index contributed by atoms with van der Waals surface area (Å²) in [5.41, 5.74) is 0.783.